The molecule has 0 unspecified atom stereocenters. The van der Waals surface area contributed by atoms with Crippen LogP contribution < -0.4 is 0 Å². The van der Waals surface area contributed by atoms with E-state index in [2.05, 4.69) is 26.0 Å². The van der Waals surface area contributed by atoms with Gasteiger partial charge >= 0.3 is 0 Å². The highest BCUT2D eigenvalue weighted by Crippen LogP contribution is 2.35. The minimum absolute atomic E-state index is 0.251. The summed E-state index contributed by atoms with van der Waals surface area (Å²) >= 11 is 3.39. The van der Waals surface area contributed by atoms with Gasteiger partial charge in [0.05, 0.1) is 4.75 Å². The molecule has 0 fully saturated rings. The third-order valence-corrected chi connectivity index (χ3v) is 6.60. The predicted molar refractivity (Wildman–Crippen MR) is 98.2 cm³/mol. The summed E-state index contributed by atoms with van der Waals surface area (Å²) in [5.41, 5.74) is 0.815. The second-order valence-electron chi connectivity index (χ2n) is 5.17. The van der Waals surface area contributed by atoms with Crippen molar-refractivity contribution in [3.8, 4) is 0 Å². The fourth-order valence-electron chi connectivity index (χ4n) is 2.51. The first-order valence-electron chi connectivity index (χ1n) is 7.58. The van der Waals surface area contributed by atoms with E-state index in [0.717, 1.165) is 23.3 Å². The van der Waals surface area contributed by atoms with Gasteiger partial charge in [0.25, 0.3) is 0 Å². The van der Waals surface area contributed by atoms with Gasteiger partial charge in [-0.05, 0) is 43.4 Å². The van der Waals surface area contributed by atoms with Crippen molar-refractivity contribution in [3.05, 3.63) is 60.2 Å². The van der Waals surface area contributed by atoms with Gasteiger partial charge in [-0.3, -0.25) is 4.79 Å². The number of ketones is 1. The van der Waals surface area contributed by atoms with Gasteiger partial charge < -0.3 is 0 Å². The van der Waals surface area contributed by atoms with Crippen molar-refractivity contribution in [2.24, 2.45) is 0 Å². The van der Waals surface area contributed by atoms with E-state index in [9.17, 15) is 4.79 Å². The molecule has 0 bridgehead atoms. The van der Waals surface area contributed by atoms with Crippen molar-refractivity contribution in [3.63, 3.8) is 0 Å². The van der Waals surface area contributed by atoms with Crippen LogP contribution in [0.15, 0.2) is 64.4 Å². The van der Waals surface area contributed by atoms with E-state index in [1.165, 1.54) is 4.90 Å². The first-order chi connectivity index (χ1) is 10.6. The number of thioether (sulfide) groups is 1. The summed E-state index contributed by atoms with van der Waals surface area (Å²) in [6, 6.07) is 18.3. The van der Waals surface area contributed by atoms with Crippen LogP contribution in [0.2, 0.25) is 0 Å². The minimum atomic E-state index is -0.284. The molecule has 0 heterocycles. The fourth-order valence-corrected chi connectivity index (χ4v) is 4.23. The van der Waals surface area contributed by atoms with Gasteiger partial charge in [-0.25, -0.2) is 0 Å². The number of carbonyl (C=O) groups is 1. The smallest absolute Gasteiger partial charge is 0.178 e. The number of Topliss-reactive ketones (excluding diaryl/α,β-unsaturated/α-hetero) is 1. The van der Waals surface area contributed by atoms with Crippen LogP contribution in [0, 0.1) is 0 Å². The van der Waals surface area contributed by atoms with E-state index < -0.39 is 0 Å². The highest BCUT2D eigenvalue weighted by Gasteiger charge is 2.34. The summed E-state index contributed by atoms with van der Waals surface area (Å²) < 4.78 is -0.284. The van der Waals surface area contributed by atoms with Crippen LogP contribution in [0.3, 0.4) is 0 Å². The summed E-state index contributed by atoms with van der Waals surface area (Å²) in [6.07, 6.45) is 3.76. The van der Waals surface area contributed by atoms with Gasteiger partial charge in [0.2, 0.25) is 0 Å². The fraction of sp³-hybridized carbons (Fsp3) is 0.316. The van der Waals surface area contributed by atoms with E-state index in [-0.39, 0.29) is 10.5 Å². The lowest BCUT2D eigenvalue weighted by molar-refractivity contribution is 0.0937. The normalized spacial score (nSPS) is 11.4. The van der Waals surface area contributed by atoms with Gasteiger partial charge in [-0.1, -0.05) is 55.9 Å². The third-order valence-electron chi connectivity index (χ3n) is 4.04. The summed E-state index contributed by atoms with van der Waals surface area (Å²) in [5.74, 6) is 0.251. The summed E-state index contributed by atoms with van der Waals surface area (Å²) in [7, 11) is 0. The molecule has 0 saturated heterocycles. The summed E-state index contributed by atoms with van der Waals surface area (Å²) in [6.45, 7) is 4.19. The Morgan fingerprint density at radius 3 is 1.95 bits per heavy atom. The molecular formula is C19H22OS2. The zero-order chi connectivity index (χ0) is 16.0. The first-order valence-corrected chi connectivity index (χ1v) is 9.62. The number of hydrogen-bond donors (Lipinski definition) is 0. The SMILES string of the molecule is CCC(CC)(SC)C(=O)c1ccc(Sc2ccccc2)cc1. The third kappa shape index (κ3) is 3.76. The number of benzene rings is 2. The molecule has 3 heteroatoms. The Balaban J connectivity index is 2.16. The van der Waals surface area contributed by atoms with Gasteiger partial charge in [-0.15, -0.1) is 0 Å². The monoisotopic (exact) mass is 330 g/mol. The van der Waals surface area contributed by atoms with Crippen molar-refractivity contribution < 1.29 is 4.79 Å². The first kappa shape index (κ1) is 17.2. The van der Waals surface area contributed by atoms with Crippen LogP contribution in [0.5, 0.6) is 0 Å². The zero-order valence-electron chi connectivity index (χ0n) is 13.3. The van der Waals surface area contributed by atoms with E-state index >= 15 is 0 Å². The molecule has 0 radical (unpaired) electrons. The van der Waals surface area contributed by atoms with Crippen molar-refractivity contribution >= 4 is 29.3 Å². The van der Waals surface area contributed by atoms with E-state index in [1.54, 1.807) is 23.5 Å². The Kier molecular flexibility index (Phi) is 6.16. The molecular weight excluding hydrogens is 308 g/mol. The lowest BCUT2D eigenvalue weighted by Crippen LogP contribution is -2.33. The summed E-state index contributed by atoms with van der Waals surface area (Å²) in [4.78, 5) is 15.2. The molecule has 22 heavy (non-hydrogen) atoms. The molecule has 0 N–H and O–H groups in total. The van der Waals surface area contributed by atoms with Gasteiger partial charge in [0.15, 0.2) is 5.78 Å². The Bertz CT molecular complexity index is 593. The van der Waals surface area contributed by atoms with Crippen molar-refractivity contribution in [1.82, 2.24) is 0 Å². The zero-order valence-corrected chi connectivity index (χ0v) is 15.0. The van der Waals surface area contributed by atoms with Crippen molar-refractivity contribution in [2.75, 3.05) is 6.26 Å². The van der Waals surface area contributed by atoms with Crippen LogP contribution >= 0.6 is 23.5 Å². The molecule has 0 aliphatic carbocycles. The van der Waals surface area contributed by atoms with Gasteiger partial charge in [0.1, 0.15) is 0 Å². The average Bonchev–Trinajstić information content (AvgIpc) is 2.58. The molecule has 0 aliphatic heterocycles. The molecule has 0 atom stereocenters. The minimum Gasteiger partial charge on any atom is -0.293 e. The predicted octanol–water partition coefficient (Wildman–Crippen LogP) is 5.94. The molecule has 2 rings (SSSR count). The maximum atomic E-state index is 12.8. The molecule has 0 aliphatic rings. The number of hydrogen-bond acceptors (Lipinski definition) is 3. The molecule has 0 spiro atoms. The van der Waals surface area contributed by atoms with Crippen LogP contribution in [0.1, 0.15) is 37.0 Å². The lowest BCUT2D eigenvalue weighted by atomic mass is 9.92. The second kappa shape index (κ2) is 7.89. The van der Waals surface area contributed by atoms with E-state index in [0.29, 0.717) is 0 Å². The van der Waals surface area contributed by atoms with Crippen molar-refractivity contribution in [2.45, 2.75) is 41.2 Å². The molecule has 116 valence electrons. The second-order valence-corrected chi connectivity index (χ2v) is 7.51. The Hall–Kier alpha value is -1.19. The molecule has 0 amide bonds. The Labute approximate surface area is 141 Å². The lowest BCUT2D eigenvalue weighted by Gasteiger charge is -2.28. The Morgan fingerprint density at radius 1 is 0.909 bits per heavy atom. The van der Waals surface area contributed by atoms with E-state index in [1.807, 2.05) is 48.7 Å². The molecule has 0 saturated carbocycles. The molecule has 2 aromatic rings. The molecule has 2 aromatic carbocycles. The number of rotatable bonds is 7. The number of carbonyl (C=O) groups excluding carboxylic acids is 1. The maximum Gasteiger partial charge on any atom is 0.178 e. The van der Waals surface area contributed by atoms with Crippen LogP contribution in [-0.4, -0.2) is 16.8 Å². The van der Waals surface area contributed by atoms with Crippen LogP contribution in [-0.2, 0) is 0 Å². The van der Waals surface area contributed by atoms with Crippen LogP contribution in [0.4, 0.5) is 0 Å². The van der Waals surface area contributed by atoms with E-state index in [4.69, 9.17) is 0 Å². The van der Waals surface area contributed by atoms with Crippen LogP contribution in [0.25, 0.3) is 0 Å². The quantitative estimate of drug-likeness (QED) is 0.585. The van der Waals surface area contributed by atoms with Gasteiger partial charge in [-0.2, -0.15) is 11.8 Å². The summed E-state index contributed by atoms with van der Waals surface area (Å²) in [5, 5.41) is 0. The largest absolute Gasteiger partial charge is 0.293 e. The maximum absolute atomic E-state index is 12.8. The topological polar surface area (TPSA) is 17.1 Å². The van der Waals surface area contributed by atoms with Gasteiger partial charge in [0, 0.05) is 15.4 Å². The van der Waals surface area contributed by atoms with Crippen molar-refractivity contribution in [1.29, 1.82) is 0 Å². The molecule has 0 aromatic heterocycles. The average molecular weight is 331 g/mol. The molecule has 1 nitrogen and oxygen atoms in total. The highest BCUT2D eigenvalue weighted by atomic mass is 32.2. The standard InChI is InChI=1S/C19H22OS2/c1-4-19(5-2,21-3)18(20)15-11-13-17(14-12-15)22-16-9-7-6-8-10-16/h6-14H,4-5H2,1-3H3. The Morgan fingerprint density at radius 2 is 1.45 bits per heavy atom. The highest BCUT2D eigenvalue weighted by molar-refractivity contribution is 8.00.